The van der Waals surface area contributed by atoms with Gasteiger partial charge in [-0.2, -0.15) is 0 Å². The van der Waals surface area contributed by atoms with Gasteiger partial charge in [0.15, 0.2) is 0 Å². The Balaban J connectivity index is 1.66. The largest absolute Gasteiger partial charge is 0.396 e. The first-order chi connectivity index (χ1) is 9.31. The molecule has 0 radical (unpaired) electrons. The first kappa shape index (κ1) is 15.1. The second kappa shape index (κ2) is 8.09. The first-order valence-corrected chi connectivity index (χ1v) is 8.61. The first-order valence-electron chi connectivity index (χ1n) is 8.61. The van der Waals surface area contributed by atoms with Crippen molar-refractivity contribution in [3.05, 3.63) is 12.2 Å². The van der Waals surface area contributed by atoms with Crippen LogP contribution in [0.3, 0.4) is 0 Å². The summed E-state index contributed by atoms with van der Waals surface area (Å²) in [7, 11) is 0. The molecule has 110 valence electrons. The monoisotopic (exact) mass is 264 g/mol. The van der Waals surface area contributed by atoms with E-state index in [4.69, 9.17) is 5.11 Å². The highest BCUT2D eigenvalue weighted by atomic mass is 16.3. The minimum absolute atomic E-state index is 0.401. The number of rotatable bonds is 5. The number of allylic oxidation sites excluding steroid dienone is 2. The zero-order valence-electron chi connectivity index (χ0n) is 12.7. The molecule has 0 aromatic heterocycles. The number of hydrogen-bond acceptors (Lipinski definition) is 1. The van der Waals surface area contributed by atoms with E-state index in [-0.39, 0.29) is 0 Å². The van der Waals surface area contributed by atoms with Crippen LogP contribution in [0.5, 0.6) is 0 Å². The highest BCUT2D eigenvalue weighted by Gasteiger charge is 2.21. The molecule has 0 aromatic carbocycles. The van der Waals surface area contributed by atoms with E-state index in [9.17, 15) is 0 Å². The minimum atomic E-state index is 0.401. The van der Waals surface area contributed by atoms with Crippen molar-refractivity contribution >= 4 is 0 Å². The predicted octanol–water partition coefficient (Wildman–Crippen LogP) is 4.95. The van der Waals surface area contributed by atoms with Crippen LogP contribution >= 0.6 is 0 Å². The smallest absolute Gasteiger partial charge is 0.0459 e. The van der Waals surface area contributed by atoms with Crippen molar-refractivity contribution in [2.24, 2.45) is 23.7 Å². The third-order valence-electron chi connectivity index (χ3n) is 5.39. The number of aliphatic hydroxyl groups is 1. The van der Waals surface area contributed by atoms with Gasteiger partial charge in [-0.05, 0) is 75.0 Å². The standard InChI is InChI=1S/C18H32O/c1-2-3-15-4-6-16(7-5-15)8-9-17-10-12-18(14-19)13-11-17/h8-9,15-19H,2-7,10-14H2,1H3. The highest BCUT2D eigenvalue weighted by Crippen LogP contribution is 2.34. The third-order valence-corrected chi connectivity index (χ3v) is 5.39. The van der Waals surface area contributed by atoms with E-state index < -0.39 is 0 Å². The van der Waals surface area contributed by atoms with Crippen LogP contribution < -0.4 is 0 Å². The summed E-state index contributed by atoms with van der Waals surface area (Å²) in [6.45, 7) is 2.71. The lowest BCUT2D eigenvalue weighted by atomic mass is 9.78. The molecule has 2 saturated carbocycles. The van der Waals surface area contributed by atoms with Crippen LogP contribution in [0.15, 0.2) is 12.2 Å². The van der Waals surface area contributed by atoms with Crippen molar-refractivity contribution in [2.75, 3.05) is 6.61 Å². The summed E-state index contributed by atoms with van der Waals surface area (Å²) < 4.78 is 0. The molecule has 0 heterocycles. The van der Waals surface area contributed by atoms with E-state index in [0.29, 0.717) is 12.5 Å². The molecule has 2 aliphatic rings. The fourth-order valence-corrected chi connectivity index (χ4v) is 3.96. The molecule has 2 fully saturated rings. The van der Waals surface area contributed by atoms with Crippen molar-refractivity contribution in [3.8, 4) is 0 Å². The number of aliphatic hydroxyl groups excluding tert-OH is 1. The maximum Gasteiger partial charge on any atom is 0.0459 e. The van der Waals surface area contributed by atoms with Gasteiger partial charge in [0.1, 0.15) is 0 Å². The van der Waals surface area contributed by atoms with Crippen molar-refractivity contribution in [1.82, 2.24) is 0 Å². The van der Waals surface area contributed by atoms with E-state index in [1.165, 1.54) is 64.2 Å². The van der Waals surface area contributed by atoms with Crippen LogP contribution in [0.1, 0.15) is 71.1 Å². The molecule has 0 spiro atoms. The Kier molecular flexibility index (Phi) is 6.43. The molecule has 0 amide bonds. The van der Waals surface area contributed by atoms with Gasteiger partial charge in [-0.15, -0.1) is 0 Å². The highest BCUT2D eigenvalue weighted by molar-refractivity contribution is 4.96. The molecular formula is C18H32O. The van der Waals surface area contributed by atoms with Crippen LogP contribution in [-0.2, 0) is 0 Å². The molecule has 0 aromatic rings. The van der Waals surface area contributed by atoms with E-state index in [2.05, 4.69) is 19.1 Å². The maximum atomic E-state index is 9.16. The summed E-state index contributed by atoms with van der Waals surface area (Å²) in [6.07, 6.45) is 18.7. The summed E-state index contributed by atoms with van der Waals surface area (Å²) in [5.41, 5.74) is 0. The lowest BCUT2D eigenvalue weighted by molar-refractivity contribution is 0.177. The molecule has 1 N–H and O–H groups in total. The zero-order valence-corrected chi connectivity index (χ0v) is 12.7. The van der Waals surface area contributed by atoms with Gasteiger partial charge in [-0.3, -0.25) is 0 Å². The Labute approximate surface area is 119 Å². The van der Waals surface area contributed by atoms with Gasteiger partial charge in [0, 0.05) is 6.61 Å². The van der Waals surface area contributed by atoms with Crippen LogP contribution in [0.2, 0.25) is 0 Å². The van der Waals surface area contributed by atoms with Gasteiger partial charge in [0.05, 0.1) is 0 Å². The quantitative estimate of drug-likeness (QED) is 0.697. The van der Waals surface area contributed by atoms with Gasteiger partial charge in [0.2, 0.25) is 0 Å². The zero-order chi connectivity index (χ0) is 13.5. The molecule has 0 unspecified atom stereocenters. The Morgan fingerprint density at radius 2 is 1.26 bits per heavy atom. The summed E-state index contributed by atoms with van der Waals surface area (Å²) in [5, 5.41) is 9.16. The Morgan fingerprint density at radius 3 is 1.68 bits per heavy atom. The van der Waals surface area contributed by atoms with Gasteiger partial charge in [-0.25, -0.2) is 0 Å². The minimum Gasteiger partial charge on any atom is -0.396 e. The second-order valence-electron chi connectivity index (χ2n) is 6.92. The van der Waals surface area contributed by atoms with Crippen molar-refractivity contribution in [1.29, 1.82) is 0 Å². The lowest BCUT2D eigenvalue weighted by Crippen LogP contribution is -2.16. The molecule has 2 aliphatic carbocycles. The van der Waals surface area contributed by atoms with E-state index in [0.717, 1.165) is 17.8 Å². The average Bonchev–Trinajstić information content (AvgIpc) is 2.47. The Bertz CT molecular complexity index is 255. The van der Waals surface area contributed by atoms with Crippen molar-refractivity contribution < 1.29 is 5.11 Å². The fraction of sp³-hybridized carbons (Fsp3) is 0.889. The third kappa shape index (κ3) is 4.95. The topological polar surface area (TPSA) is 20.2 Å². The summed E-state index contributed by atoms with van der Waals surface area (Å²) in [4.78, 5) is 0. The average molecular weight is 264 g/mol. The summed E-state index contributed by atoms with van der Waals surface area (Å²) in [5.74, 6) is 3.28. The Hall–Kier alpha value is -0.300. The van der Waals surface area contributed by atoms with E-state index in [1.54, 1.807) is 0 Å². The summed E-state index contributed by atoms with van der Waals surface area (Å²) in [6, 6.07) is 0. The van der Waals surface area contributed by atoms with Crippen molar-refractivity contribution in [2.45, 2.75) is 71.1 Å². The molecule has 1 heteroatoms. The molecule has 0 saturated heterocycles. The van der Waals surface area contributed by atoms with Gasteiger partial charge in [-0.1, -0.05) is 31.9 Å². The normalized spacial score (nSPS) is 36.7. The molecule has 19 heavy (non-hydrogen) atoms. The number of hydrogen-bond donors (Lipinski definition) is 1. The fourth-order valence-electron chi connectivity index (χ4n) is 3.96. The van der Waals surface area contributed by atoms with Gasteiger partial charge < -0.3 is 5.11 Å². The summed E-state index contributed by atoms with van der Waals surface area (Å²) >= 11 is 0. The van der Waals surface area contributed by atoms with Crippen molar-refractivity contribution in [3.63, 3.8) is 0 Å². The van der Waals surface area contributed by atoms with Gasteiger partial charge in [0.25, 0.3) is 0 Å². The molecule has 2 rings (SSSR count). The van der Waals surface area contributed by atoms with Crippen LogP contribution in [-0.4, -0.2) is 11.7 Å². The second-order valence-corrected chi connectivity index (χ2v) is 6.92. The van der Waals surface area contributed by atoms with Gasteiger partial charge >= 0.3 is 0 Å². The lowest BCUT2D eigenvalue weighted by Gasteiger charge is -2.28. The maximum absolute atomic E-state index is 9.16. The molecule has 0 atom stereocenters. The van der Waals surface area contributed by atoms with E-state index in [1.807, 2.05) is 0 Å². The van der Waals surface area contributed by atoms with Crippen LogP contribution in [0, 0.1) is 23.7 Å². The molecule has 0 bridgehead atoms. The Morgan fingerprint density at radius 1 is 0.789 bits per heavy atom. The van der Waals surface area contributed by atoms with E-state index >= 15 is 0 Å². The predicted molar refractivity (Wildman–Crippen MR) is 82.0 cm³/mol. The molecule has 1 nitrogen and oxygen atoms in total. The van der Waals surface area contributed by atoms with Crippen LogP contribution in [0.25, 0.3) is 0 Å². The SMILES string of the molecule is CCCC1CCC(C=CC2CCC(CO)CC2)CC1. The van der Waals surface area contributed by atoms with Crippen LogP contribution in [0.4, 0.5) is 0 Å². The molecule has 0 aliphatic heterocycles. The molecular weight excluding hydrogens is 232 g/mol.